The molecular weight excluding hydrogens is 645 g/mol. The standard InChI is InChI=1S/C26H27F2IN4O5S/c27-23-22(39(36,37)31-14-20-8-5-16(13-30-20)2-1-11-34)12-21(26(35)33-38-15-17-3-4-17)25(24(23)28)32-19-9-6-18(29)7-10-19/h5-10,12-13,17,31-32,34H,1-4,11,14-15H2,(H,33,35). The molecule has 1 aliphatic rings. The molecule has 13 heteroatoms. The molecule has 4 rings (SSSR count). The van der Waals surface area contributed by atoms with Crippen molar-refractivity contribution in [2.24, 2.45) is 5.92 Å². The summed E-state index contributed by atoms with van der Waals surface area (Å²) in [5, 5.41) is 11.6. The Morgan fingerprint density at radius 1 is 1.13 bits per heavy atom. The Hall–Kier alpha value is -2.72. The fourth-order valence-corrected chi connectivity index (χ4v) is 5.03. The monoisotopic (exact) mass is 672 g/mol. The third kappa shape index (κ3) is 7.91. The van der Waals surface area contributed by atoms with E-state index in [9.17, 15) is 13.2 Å². The van der Waals surface area contributed by atoms with Crippen molar-refractivity contribution in [2.45, 2.75) is 37.1 Å². The molecule has 1 aliphatic carbocycles. The lowest BCUT2D eigenvalue weighted by molar-refractivity contribution is 0.0270. The second-order valence-electron chi connectivity index (χ2n) is 9.05. The first-order valence-corrected chi connectivity index (χ1v) is 14.7. The Labute approximate surface area is 238 Å². The molecule has 4 N–H and O–H groups in total. The number of aromatic nitrogens is 1. The molecule has 0 saturated heterocycles. The normalized spacial score (nSPS) is 13.3. The quantitative estimate of drug-likeness (QED) is 0.158. The Kier molecular flexibility index (Phi) is 9.82. The van der Waals surface area contributed by atoms with Gasteiger partial charge in [0.2, 0.25) is 10.0 Å². The van der Waals surface area contributed by atoms with Crippen LogP contribution in [0.4, 0.5) is 20.2 Å². The highest BCUT2D eigenvalue weighted by Gasteiger charge is 2.30. The summed E-state index contributed by atoms with van der Waals surface area (Å²) in [6.07, 6.45) is 4.66. The van der Waals surface area contributed by atoms with Gasteiger partial charge < -0.3 is 10.4 Å². The van der Waals surface area contributed by atoms with Gasteiger partial charge in [0, 0.05) is 22.1 Å². The van der Waals surface area contributed by atoms with Crippen LogP contribution in [-0.4, -0.2) is 37.6 Å². The molecule has 0 atom stereocenters. The van der Waals surface area contributed by atoms with E-state index in [0.29, 0.717) is 30.1 Å². The van der Waals surface area contributed by atoms with Gasteiger partial charge in [-0.05, 0) is 96.2 Å². The maximum Gasteiger partial charge on any atom is 0.277 e. The number of hydrogen-bond acceptors (Lipinski definition) is 7. The number of nitrogens with one attached hydrogen (secondary N) is 3. The number of carbonyl (C=O) groups is 1. The van der Waals surface area contributed by atoms with Crippen molar-refractivity contribution in [3.8, 4) is 0 Å². The van der Waals surface area contributed by atoms with Gasteiger partial charge >= 0.3 is 0 Å². The zero-order chi connectivity index (χ0) is 28.0. The lowest BCUT2D eigenvalue weighted by atomic mass is 10.1. The van der Waals surface area contributed by atoms with Crippen LogP contribution in [0.15, 0.2) is 53.6 Å². The Bertz CT molecular complexity index is 1420. The van der Waals surface area contributed by atoms with Crippen LogP contribution in [0.3, 0.4) is 0 Å². The van der Waals surface area contributed by atoms with E-state index >= 15 is 8.78 Å². The fourth-order valence-electron chi connectivity index (χ4n) is 3.58. The van der Waals surface area contributed by atoms with E-state index in [4.69, 9.17) is 9.94 Å². The largest absolute Gasteiger partial charge is 0.396 e. The van der Waals surface area contributed by atoms with E-state index in [0.717, 1.165) is 28.0 Å². The number of amides is 1. The molecule has 0 bridgehead atoms. The molecule has 2 aromatic carbocycles. The van der Waals surface area contributed by atoms with Gasteiger partial charge in [-0.1, -0.05) is 6.07 Å². The highest BCUT2D eigenvalue weighted by atomic mass is 127. The molecule has 0 aliphatic heterocycles. The summed E-state index contributed by atoms with van der Waals surface area (Å²) in [4.78, 5) is 21.3. The molecule has 39 heavy (non-hydrogen) atoms. The number of sulfonamides is 1. The molecule has 0 unspecified atom stereocenters. The van der Waals surface area contributed by atoms with Crippen molar-refractivity contribution in [1.29, 1.82) is 0 Å². The number of aliphatic hydroxyl groups is 1. The van der Waals surface area contributed by atoms with Gasteiger partial charge in [-0.25, -0.2) is 27.4 Å². The highest BCUT2D eigenvalue weighted by molar-refractivity contribution is 14.1. The third-order valence-electron chi connectivity index (χ3n) is 5.95. The third-order valence-corrected chi connectivity index (χ3v) is 8.07. The average Bonchev–Trinajstić information content (AvgIpc) is 3.75. The van der Waals surface area contributed by atoms with Crippen molar-refractivity contribution in [3.05, 3.63) is 80.7 Å². The number of hydrogen-bond donors (Lipinski definition) is 4. The maximum absolute atomic E-state index is 15.4. The number of pyridine rings is 1. The van der Waals surface area contributed by atoms with Crippen LogP contribution >= 0.6 is 22.6 Å². The summed E-state index contributed by atoms with van der Waals surface area (Å²) >= 11 is 2.08. The number of halogens is 3. The summed E-state index contributed by atoms with van der Waals surface area (Å²) in [6.45, 7) is 0.00150. The molecule has 0 radical (unpaired) electrons. The van der Waals surface area contributed by atoms with Crippen LogP contribution in [-0.2, 0) is 27.8 Å². The summed E-state index contributed by atoms with van der Waals surface area (Å²) in [5.41, 5.74) is 2.79. The SMILES string of the molecule is O=C(NOCC1CC1)c1cc(S(=O)(=O)NCc2ccc(CCCO)cn2)c(F)c(F)c1Nc1ccc(I)cc1. The topological polar surface area (TPSA) is 130 Å². The van der Waals surface area contributed by atoms with Crippen molar-refractivity contribution in [1.82, 2.24) is 15.2 Å². The number of nitrogens with zero attached hydrogens (tertiary/aromatic N) is 1. The number of benzene rings is 2. The number of anilines is 2. The number of rotatable bonds is 13. The van der Waals surface area contributed by atoms with E-state index in [1.165, 1.54) is 0 Å². The van der Waals surface area contributed by atoms with Gasteiger partial charge in [-0.2, -0.15) is 0 Å². The minimum atomic E-state index is -4.60. The summed E-state index contributed by atoms with van der Waals surface area (Å²) < 4.78 is 59.7. The van der Waals surface area contributed by atoms with Crippen LogP contribution in [0.5, 0.6) is 0 Å². The van der Waals surface area contributed by atoms with Crippen molar-refractivity contribution in [3.63, 3.8) is 0 Å². The van der Waals surface area contributed by atoms with Gasteiger partial charge in [-0.3, -0.25) is 14.6 Å². The number of aliphatic hydroxyl groups excluding tert-OH is 1. The molecular formula is C26H27F2IN4O5S. The van der Waals surface area contributed by atoms with Gasteiger partial charge in [-0.15, -0.1) is 0 Å². The van der Waals surface area contributed by atoms with Crippen LogP contribution < -0.4 is 15.5 Å². The molecule has 9 nitrogen and oxygen atoms in total. The Morgan fingerprint density at radius 2 is 1.87 bits per heavy atom. The van der Waals surface area contributed by atoms with Crippen molar-refractivity contribution >= 4 is 49.9 Å². The summed E-state index contributed by atoms with van der Waals surface area (Å²) in [6, 6.07) is 10.8. The zero-order valence-electron chi connectivity index (χ0n) is 20.7. The summed E-state index contributed by atoms with van der Waals surface area (Å²) in [7, 11) is -4.60. The van der Waals surface area contributed by atoms with E-state index in [2.05, 4.69) is 43.1 Å². The van der Waals surface area contributed by atoms with Crippen molar-refractivity contribution < 1.29 is 31.9 Å². The molecule has 1 heterocycles. The molecule has 208 valence electrons. The summed E-state index contributed by atoms with van der Waals surface area (Å²) in [5.74, 6) is -3.79. The lowest BCUT2D eigenvalue weighted by Gasteiger charge is -2.17. The minimum Gasteiger partial charge on any atom is -0.396 e. The first-order valence-electron chi connectivity index (χ1n) is 12.2. The first kappa shape index (κ1) is 29.3. The molecule has 0 spiro atoms. The van der Waals surface area contributed by atoms with Gasteiger partial charge in [0.1, 0.15) is 4.90 Å². The predicted molar refractivity (Wildman–Crippen MR) is 149 cm³/mol. The zero-order valence-corrected chi connectivity index (χ0v) is 23.7. The smallest absolute Gasteiger partial charge is 0.277 e. The molecule has 1 fully saturated rings. The lowest BCUT2D eigenvalue weighted by Crippen LogP contribution is -2.28. The second kappa shape index (κ2) is 13.1. The molecule has 1 saturated carbocycles. The van der Waals surface area contributed by atoms with E-state index in [1.807, 2.05) is 0 Å². The Balaban J connectivity index is 1.60. The number of carbonyl (C=O) groups excluding carboxylic acids is 1. The average molecular weight is 672 g/mol. The van der Waals surface area contributed by atoms with Crippen LogP contribution in [0.1, 0.15) is 40.9 Å². The highest BCUT2D eigenvalue weighted by Crippen LogP contribution is 2.32. The molecule has 3 aromatic rings. The fraction of sp³-hybridized carbons (Fsp3) is 0.308. The number of hydroxylamine groups is 1. The van der Waals surface area contributed by atoms with E-state index in [-0.39, 0.29) is 19.8 Å². The van der Waals surface area contributed by atoms with E-state index in [1.54, 1.807) is 42.6 Å². The second-order valence-corrected chi connectivity index (χ2v) is 12.0. The predicted octanol–water partition coefficient (Wildman–Crippen LogP) is 4.18. The van der Waals surface area contributed by atoms with Gasteiger partial charge in [0.05, 0.1) is 30.1 Å². The van der Waals surface area contributed by atoms with Crippen LogP contribution in [0, 0.1) is 21.1 Å². The van der Waals surface area contributed by atoms with Crippen molar-refractivity contribution in [2.75, 3.05) is 18.5 Å². The van der Waals surface area contributed by atoms with Crippen LogP contribution in [0.25, 0.3) is 0 Å². The molecule has 1 aromatic heterocycles. The van der Waals surface area contributed by atoms with Crippen LogP contribution in [0.2, 0.25) is 0 Å². The molecule has 1 amide bonds. The van der Waals surface area contributed by atoms with Gasteiger partial charge in [0.15, 0.2) is 11.6 Å². The first-order chi connectivity index (χ1) is 18.7. The van der Waals surface area contributed by atoms with Gasteiger partial charge in [0.25, 0.3) is 5.91 Å². The Morgan fingerprint density at radius 3 is 2.51 bits per heavy atom. The van der Waals surface area contributed by atoms with E-state index < -0.39 is 43.7 Å². The number of aryl methyl sites for hydroxylation is 1. The maximum atomic E-state index is 15.4. The minimum absolute atomic E-state index is 0.0371.